The van der Waals surface area contributed by atoms with E-state index in [1.54, 1.807) is 29.2 Å². The summed E-state index contributed by atoms with van der Waals surface area (Å²) in [6.07, 6.45) is 2.05. The van der Waals surface area contributed by atoms with E-state index >= 15 is 0 Å². The molecular weight excluding hydrogens is 346 g/mol. The van der Waals surface area contributed by atoms with Gasteiger partial charge in [-0.1, -0.05) is 6.07 Å². The molecule has 1 aliphatic rings. The van der Waals surface area contributed by atoms with Gasteiger partial charge in [0, 0.05) is 25.1 Å². The summed E-state index contributed by atoms with van der Waals surface area (Å²) in [5.74, 6) is -0.397. The molecule has 2 N–H and O–H groups in total. The van der Waals surface area contributed by atoms with Gasteiger partial charge in [-0.2, -0.15) is 0 Å². The molecule has 2 rings (SSSR count). The van der Waals surface area contributed by atoms with Gasteiger partial charge in [0.25, 0.3) is 0 Å². The van der Waals surface area contributed by atoms with E-state index in [-0.39, 0.29) is 24.3 Å². The van der Waals surface area contributed by atoms with Crippen molar-refractivity contribution >= 4 is 27.5 Å². The number of rotatable bonds is 6. The van der Waals surface area contributed by atoms with E-state index < -0.39 is 10.0 Å². The van der Waals surface area contributed by atoms with E-state index in [9.17, 15) is 18.0 Å². The molecule has 8 nitrogen and oxygen atoms in total. The van der Waals surface area contributed by atoms with Crippen LogP contribution in [0.1, 0.15) is 12.8 Å². The minimum Gasteiger partial charge on any atom is -0.497 e. The van der Waals surface area contributed by atoms with E-state index in [0.29, 0.717) is 37.4 Å². The van der Waals surface area contributed by atoms with Crippen LogP contribution in [0.5, 0.6) is 5.75 Å². The van der Waals surface area contributed by atoms with Crippen LogP contribution in [0, 0.1) is 5.92 Å². The minimum absolute atomic E-state index is 0.228. The second-order valence-electron chi connectivity index (χ2n) is 6.03. The molecule has 2 amide bonds. The summed E-state index contributed by atoms with van der Waals surface area (Å²) in [6.45, 7) is 0.484. The molecule has 0 atom stereocenters. The van der Waals surface area contributed by atoms with Crippen LogP contribution in [-0.4, -0.2) is 58.1 Å². The summed E-state index contributed by atoms with van der Waals surface area (Å²) in [4.78, 5) is 25.3. The lowest BCUT2D eigenvalue weighted by Crippen LogP contribution is -2.47. The Balaban J connectivity index is 2.13. The number of benzene rings is 1. The summed E-state index contributed by atoms with van der Waals surface area (Å²) >= 11 is 0. The lowest BCUT2D eigenvalue weighted by Gasteiger charge is -2.32. The van der Waals surface area contributed by atoms with Gasteiger partial charge in [-0.15, -0.1) is 0 Å². The Hall–Kier alpha value is -2.29. The first-order valence-corrected chi connectivity index (χ1v) is 9.76. The van der Waals surface area contributed by atoms with Crippen LogP contribution < -0.4 is 14.8 Å². The average molecular weight is 369 g/mol. The van der Waals surface area contributed by atoms with Crippen LogP contribution in [0.3, 0.4) is 0 Å². The van der Waals surface area contributed by atoms with Gasteiger partial charge in [0.05, 0.1) is 19.1 Å². The Morgan fingerprint density at radius 2 is 1.96 bits per heavy atom. The van der Waals surface area contributed by atoms with Crippen LogP contribution in [0.25, 0.3) is 0 Å². The molecule has 9 heteroatoms. The Morgan fingerprint density at radius 3 is 2.48 bits per heavy atom. The summed E-state index contributed by atoms with van der Waals surface area (Å²) < 4.78 is 30.5. The van der Waals surface area contributed by atoms with E-state index in [4.69, 9.17) is 10.5 Å². The molecule has 0 saturated carbocycles. The van der Waals surface area contributed by atoms with Crippen molar-refractivity contribution in [2.45, 2.75) is 12.8 Å². The van der Waals surface area contributed by atoms with Crippen molar-refractivity contribution < 1.29 is 22.7 Å². The molecule has 138 valence electrons. The highest BCUT2D eigenvalue weighted by molar-refractivity contribution is 7.92. The lowest BCUT2D eigenvalue weighted by molar-refractivity contribution is -0.133. The maximum Gasteiger partial charge on any atom is 0.243 e. The number of nitrogens with two attached hydrogens (primary N) is 1. The number of ether oxygens (including phenoxy) is 1. The van der Waals surface area contributed by atoms with Gasteiger partial charge in [-0.25, -0.2) is 8.42 Å². The second kappa shape index (κ2) is 7.73. The molecule has 1 heterocycles. The monoisotopic (exact) mass is 369 g/mol. The Morgan fingerprint density at radius 1 is 1.32 bits per heavy atom. The first-order valence-electron chi connectivity index (χ1n) is 7.91. The molecule has 0 radical (unpaired) electrons. The number of nitrogens with zero attached hydrogens (tertiary/aromatic N) is 2. The molecule has 1 aliphatic heterocycles. The normalized spacial score (nSPS) is 15.7. The number of likely N-dealkylation sites (tertiary alicyclic amines) is 1. The number of methoxy groups -OCH3 is 1. The van der Waals surface area contributed by atoms with Crippen molar-refractivity contribution in [3.8, 4) is 5.75 Å². The van der Waals surface area contributed by atoms with Crippen LogP contribution >= 0.6 is 0 Å². The minimum atomic E-state index is -3.64. The maximum atomic E-state index is 12.5. The SMILES string of the molecule is COc1cccc(N(CC(=O)N2CCC(C(N)=O)CC2)S(C)(=O)=O)c1. The molecule has 1 saturated heterocycles. The van der Waals surface area contributed by atoms with E-state index in [0.717, 1.165) is 10.6 Å². The summed E-state index contributed by atoms with van der Waals surface area (Å²) in [5.41, 5.74) is 5.65. The van der Waals surface area contributed by atoms with Crippen molar-refractivity contribution in [2.24, 2.45) is 11.7 Å². The summed E-state index contributed by atoms with van der Waals surface area (Å²) in [6, 6.07) is 6.53. The highest BCUT2D eigenvalue weighted by Gasteiger charge is 2.29. The van der Waals surface area contributed by atoms with Gasteiger partial charge in [0.15, 0.2) is 0 Å². The first-order chi connectivity index (χ1) is 11.7. The topological polar surface area (TPSA) is 110 Å². The van der Waals surface area contributed by atoms with Gasteiger partial charge in [-0.3, -0.25) is 13.9 Å². The average Bonchev–Trinajstić information content (AvgIpc) is 2.58. The zero-order valence-corrected chi connectivity index (χ0v) is 15.2. The van der Waals surface area contributed by atoms with Crippen LogP contribution in [0.15, 0.2) is 24.3 Å². The smallest absolute Gasteiger partial charge is 0.243 e. The zero-order chi connectivity index (χ0) is 18.6. The number of carbonyl (C=O) groups excluding carboxylic acids is 2. The molecule has 1 aromatic carbocycles. The number of sulfonamides is 1. The lowest BCUT2D eigenvalue weighted by atomic mass is 9.96. The summed E-state index contributed by atoms with van der Waals surface area (Å²) in [5, 5.41) is 0. The van der Waals surface area contributed by atoms with Crippen molar-refractivity contribution in [3.05, 3.63) is 24.3 Å². The molecular formula is C16H23N3O5S. The van der Waals surface area contributed by atoms with E-state index in [2.05, 4.69) is 0 Å². The van der Waals surface area contributed by atoms with Crippen LogP contribution in [0.4, 0.5) is 5.69 Å². The van der Waals surface area contributed by atoms with E-state index in [1.165, 1.54) is 7.11 Å². The fourth-order valence-electron chi connectivity index (χ4n) is 2.80. The molecule has 25 heavy (non-hydrogen) atoms. The highest BCUT2D eigenvalue weighted by atomic mass is 32.2. The fourth-order valence-corrected chi connectivity index (χ4v) is 3.64. The fraction of sp³-hybridized carbons (Fsp3) is 0.500. The number of anilines is 1. The number of hydrogen-bond acceptors (Lipinski definition) is 5. The molecule has 0 aromatic heterocycles. The Labute approximate surface area is 147 Å². The van der Waals surface area contributed by atoms with Gasteiger partial charge in [-0.05, 0) is 25.0 Å². The Bertz CT molecular complexity index is 742. The summed E-state index contributed by atoms with van der Waals surface area (Å²) in [7, 11) is -2.16. The maximum absolute atomic E-state index is 12.5. The Kier molecular flexibility index (Phi) is 5.89. The van der Waals surface area contributed by atoms with Crippen molar-refractivity contribution in [1.82, 2.24) is 4.90 Å². The number of piperidine rings is 1. The predicted octanol–water partition coefficient (Wildman–Crippen LogP) is 0.185. The third-order valence-corrected chi connectivity index (χ3v) is 5.41. The van der Waals surface area contributed by atoms with Gasteiger partial charge in [0.1, 0.15) is 12.3 Å². The first kappa shape index (κ1) is 19.0. The zero-order valence-electron chi connectivity index (χ0n) is 14.3. The van der Waals surface area contributed by atoms with Crippen molar-refractivity contribution in [1.29, 1.82) is 0 Å². The third kappa shape index (κ3) is 4.85. The van der Waals surface area contributed by atoms with Gasteiger partial charge >= 0.3 is 0 Å². The number of carbonyl (C=O) groups is 2. The molecule has 1 aromatic rings. The molecule has 1 fully saturated rings. The molecule has 0 bridgehead atoms. The standard InChI is InChI=1S/C16H23N3O5S/c1-24-14-5-3-4-13(10-14)19(25(2,22)23)11-15(20)18-8-6-12(7-9-18)16(17)21/h3-5,10,12H,6-9,11H2,1-2H3,(H2,17,21). The molecule has 0 aliphatic carbocycles. The second-order valence-corrected chi connectivity index (χ2v) is 7.94. The van der Waals surface area contributed by atoms with Crippen molar-refractivity contribution in [2.75, 3.05) is 37.3 Å². The van der Waals surface area contributed by atoms with Gasteiger partial charge < -0.3 is 15.4 Å². The number of amides is 2. The quantitative estimate of drug-likeness (QED) is 0.769. The van der Waals surface area contributed by atoms with Crippen molar-refractivity contribution in [3.63, 3.8) is 0 Å². The van der Waals surface area contributed by atoms with Crippen LogP contribution in [0.2, 0.25) is 0 Å². The number of primary amides is 1. The largest absolute Gasteiger partial charge is 0.497 e. The number of hydrogen-bond donors (Lipinski definition) is 1. The van der Waals surface area contributed by atoms with Gasteiger partial charge in [0.2, 0.25) is 21.8 Å². The predicted molar refractivity (Wildman–Crippen MR) is 93.7 cm³/mol. The third-order valence-electron chi connectivity index (χ3n) is 4.27. The highest BCUT2D eigenvalue weighted by Crippen LogP contribution is 2.24. The van der Waals surface area contributed by atoms with E-state index in [1.807, 2.05) is 0 Å². The molecule has 0 spiro atoms. The van der Waals surface area contributed by atoms with Crippen LogP contribution in [-0.2, 0) is 19.6 Å². The molecule has 0 unspecified atom stereocenters.